The van der Waals surface area contributed by atoms with Gasteiger partial charge in [-0.1, -0.05) is 23.7 Å². The molecule has 1 heterocycles. The fraction of sp³-hybridized carbons (Fsp3) is 0.167. The topological polar surface area (TPSA) is 74.5 Å². The number of Topliss-reactive ketones (excluding diaryl/α,β-unsaturated/α-hetero) is 1. The molecule has 3 aromatic rings. The highest BCUT2D eigenvalue weighted by Gasteiger charge is 2.13. The van der Waals surface area contributed by atoms with E-state index < -0.39 is 0 Å². The van der Waals surface area contributed by atoms with Crippen LogP contribution in [0, 0.1) is 0 Å². The van der Waals surface area contributed by atoms with Crippen LogP contribution in [0.1, 0.15) is 23.2 Å². The first-order chi connectivity index (χ1) is 12.1. The second-order valence-corrected chi connectivity index (χ2v) is 5.60. The maximum Gasteiger partial charge on any atom is 0.254 e. The molecular formula is C18H15ClN2O4. The standard InChI is InChI=1S/C18H15ClN2O4/c1-11(22)12-7-8-15(16(9-12)23-2)24-10-17-20-21-18(25-17)13-5-3-4-6-14(13)19/h3-9H,10H2,1-2H3. The first-order valence-electron chi connectivity index (χ1n) is 7.47. The molecule has 0 N–H and O–H groups in total. The van der Waals surface area contributed by atoms with Gasteiger partial charge in [0, 0.05) is 5.56 Å². The Balaban J connectivity index is 1.75. The third-order valence-electron chi connectivity index (χ3n) is 3.49. The van der Waals surface area contributed by atoms with Gasteiger partial charge in [0.25, 0.3) is 5.89 Å². The van der Waals surface area contributed by atoms with Crippen molar-refractivity contribution in [3.8, 4) is 23.0 Å². The summed E-state index contributed by atoms with van der Waals surface area (Å²) >= 11 is 6.12. The molecule has 0 spiro atoms. The zero-order valence-corrected chi connectivity index (χ0v) is 14.4. The number of rotatable bonds is 6. The highest BCUT2D eigenvalue weighted by atomic mass is 35.5. The van der Waals surface area contributed by atoms with Crippen LogP contribution >= 0.6 is 11.6 Å². The molecule has 3 rings (SSSR count). The van der Waals surface area contributed by atoms with Gasteiger partial charge in [-0.3, -0.25) is 4.79 Å². The van der Waals surface area contributed by atoms with Gasteiger partial charge < -0.3 is 13.9 Å². The predicted molar refractivity (Wildman–Crippen MR) is 92.1 cm³/mol. The Bertz CT molecular complexity index is 908. The maximum atomic E-state index is 11.4. The number of carbonyl (C=O) groups is 1. The summed E-state index contributed by atoms with van der Waals surface area (Å²) < 4.78 is 16.5. The summed E-state index contributed by atoms with van der Waals surface area (Å²) in [6.07, 6.45) is 0. The van der Waals surface area contributed by atoms with E-state index in [0.29, 0.717) is 39.4 Å². The second-order valence-electron chi connectivity index (χ2n) is 5.19. The van der Waals surface area contributed by atoms with Gasteiger partial charge in [0.05, 0.1) is 17.7 Å². The molecule has 0 unspecified atom stereocenters. The second kappa shape index (κ2) is 7.36. The van der Waals surface area contributed by atoms with Crippen molar-refractivity contribution in [2.24, 2.45) is 0 Å². The summed E-state index contributed by atoms with van der Waals surface area (Å²) in [5.41, 5.74) is 1.20. The van der Waals surface area contributed by atoms with Gasteiger partial charge in [0.15, 0.2) is 23.9 Å². The third kappa shape index (κ3) is 3.80. The summed E-state index contributed by atoms with van der Waals surface area (Å²) in [5.74, 6) is 1.50. The number of halogens is 1. The van der Waals surface area contributed by atoms with Gasteiger partial charge in [-0.25, -0.2) is 0 Å². The predicted octanol–water partition coefficient (Wildman–Crippen LogP) is 4.18. The van der Waals surface area contributed by atoms with Gasteiger partial charge in [0.1, 0.15) is 0 Å². The lowest BCUT2D eigenvalue weighted by Crippen LogP contribution is -2.00. The summed E-state index contributed by atoms with van der Waals surface area (Å²) in [4.78, 5) is 11.4. The molecule has 1 aromatic heterocycles. The number of hydrogen-bond acceptors (Lipinski definition) is 6. The Morgan fingerprint density at radius 1 is 1.16 bits per heavy atom. The van der Waals surface area contributed by atoms with Crippen LogP contribution < -0.4 is 9.47 Å². The lowest BCUT2D eigenvalue weighted by Gasteiger charge is -2.10. The molecule has 2 aromatic carbocycles. The minimum atomic E-state index is -0.0499. The molecule has 128 valence electrons. The van der Waals surface area contributed by atoms with E-state index in [0.717, 1.165) is 0 Å². The molecule has 25 heavy (non-hydrogen) atoms. The first kappa shape index (κ1) is 17.0. The number of methoxy groups -OCH3 is 1. The smallest absolute Gasteiger partial charge is 0.254 e. The number of ether oxygens (including phenoxy) is 2. The largest absolute Gasteiger partial charge is 0.493 e. The van der Waals surface area contributed by atoms with Crippen LogP contribution in [0.4, 0.5) is 0 Å². The third-order valence-corrected chi connectivity index (χ3v) is 3.82. The van der Waals surface area contributed by atoms with E-state index in [1.54, 1.807) is 30.3 Å². The number of aromatic nitrogens is 2. The zero-order valence-electron chi connectivity index (χ0n) is 13.7. The summed E-state index contributed by atoms with van der Waals surface area (Å²) in [7, 11) is 1.51. The molecule has 0 aliphatic carbocycles. The number of ketones is 1. The van der Waals surface area contributed by atoms with Crippen LogP contribution in [-0.2, 0) is 6.61 Å². The number of nitrogens with zero attached hydrogens (tertiary/aromatic N) is 2. The van der Waals surface area contributed by atoms with Gasteiger partial charge in [-0.15, -0.1) is 10.2 Å². The van der Waals surface area contributed by atoms with Gasteiger partial charge in [0.2, 0.25) is 5.89 Å². The lowest BCUT2D eigenvalue weighted by atomic mass is 10.1. The SMILES string of the molecule is COc1cc(C(C)=O)ccc1OCc1nnc(-c2ccccc2Cl)o1. The van der Waals surface area contributed by atoms with E-state index in [2.05, 4.69) is 10.2 Å². The van der Waals surface area contributed by atoms with E-state index in [9.17, 15) is 4.79 Å². The number of hydrogen-bond donors (Lipinski definition) is 0. The Hall–Kier alpha value is -2.86. The molecule has 0 fully saturated rings. The Labute approximate surface area is 149 Å². The fourth-order valence-electron chi connectivity index (χ4n) is 2.20. The van der Waals surface area contributed by atoms with E-state index in [1.807, 2.05) is 12.1 Å². The molecule has 0 aliphatic heterocycles. The quantitative estimate of drug-likeness (QED) is 0.615. The van der Waals surface area contributed by atoms with Crippen molar-refractivity contribution in [3.05, 3.63) is 58.9 Å². The molecular weight excluding hydrogens is 344 g/mol. The van der Waals surface area contributed by atoms with Crippen molar-refractivity contribution < 1.29 is 18.7 Å². The van der Waals surface area contributed by atoms with Crippen LogP contribution in [0.5, 0.6) is 11.5 Å². The maximum absolute atomic E-state index is 11.4. The van der Waals surface area contributed by atoms with E-state index in [1.165, 1.54) is 14.0 Å². The number of carbonyl (C=O) groups excluding carboxylic acids is 1. The number of benzene rings is 2. The van der Waals surface area contributed by atoms with Crippen LogP contribution in [0.25, 0.3) is 11.5 Å². The average Bonchev–Trinajstić information content (AvgIpc) is 3.08. The normalized spacial score (nSPS) is 10.5. The molecule has 0 saturated carbocycles. The minimum absolute atomic E-state index is 0.0499. The zero-order chi connectivity index (χ0) is 17.8. The Kier molecular flexibility index (Phi) is 5.00. The minimum Gasteiger partial charge on any atom is -0.493 e. The van der Waals surface area contributed by atoms with E-state index >= 15 is 0 Å². The highest BCUT2D eigenvalue weighted by molar-refractivity contribution is 6.33. The average molecular weight is 359 g/mol. The molecule has 0 saturated heterocycles. The summed E-state index contributed by atoms with van der Waals surface area (Å²) in [5, 5.41) is 8.47. The van der Waals surface area contributed by atoms with Crippen molar-refractivity contribution in [3.63, 3.8) is 0 Å². The van der Waals surface area contributed by atoms with Crippen LogP contribution in [0.15, 0.2) is 46.9 Å². The summed E-state index contributed by atoms with van der Waals surface area (Å²) in [6.45, 7) is 1.55. The monoisotopic (exact) mass is 358 g/mol. The van der Waals surface area contributed by atoms with Crippen molar-refractivity contribution in [2.75, 3.05) is 7.11 Å². The lowest BCUT2D eigenvalue weighted by molar-refractivity contribution is 0.101. The molecule has 0 radical (unpaired) electrons. The molecule has 7 heteroatoms. The Morgan fingerprint density at radius 3 is 2.68 bits per heavy atom. The summed E-state index contributed by atoms with van der Waals surface area (Å²) in [6, 6.07) is 12.2. The van der Waals surface area contributed by atoms with Crippen LogP contribution in [0.2, 0.25) is 5.02 Å². The van der Waals surface area contributed by atoms with Gasteiger partial charge in [-0.2, -0.15) is 0 Å². The van der Waals surface area contributed by atoms with Crippen molar-refractivity contribution in [1.29, 1.82) is 0 Å². The molecule has 0 bridgehead atoms. The van der Waals surface area contributed by atoms with Gasteiger partial charge in [-0.05, 0) is 37.3 Å². The molecule has 0 aliphatic rings. The van der Waals surface area contributed by atoms with Crippen molar-refractivity contribution >= 4 is 17.4 Å². The fourth-order valence-corrected chi connectivity index (χ4v) is 2.42. The van der Waals surface area contributed by atoms with E-state index in [4.69, 9.17) is 25.5 Å². The van der Waals surface area contributed by atoms with E-state index in [-0.39, 0.29) is 12.4 Å². The Morgan fingerprint density at radius 2 is 1.96 bits per heavy atom. The van der Waals surface area contributed by atoms with Crippen molar-refractivity contribution in [2.45, 2.75) is 13.5 Å². The van der Waals surface area contributed by atoms with Gasteiger partial charge >= 0.3 is 0 Å². The molecule has 0 amide bonds. The molecule has 6 nitrogen and oxygen atoms in total. The molecule has 0 atom stereocenters. The van der Waals surface area contributed by atoms with Crippen molar-refractivity contribution in [1.82, 2.24) is 10.2 Å². The van der Waals surface area contributed by atoms with Crippen LogP contribution in [-0.4, -0.2) is 23.1 Å². The highest BCUT2D eigenvalue weighted by Crippen LogP contribution is 2.30. The first-order valence-corrected chi connectivity index (χ1v) is 7.85. The van der Waals surface area contributed by atoms with Crippen LogP contribution in [0.3, 0.4) is 0 Å².